The van der Waals surface area contributed by atoms with Gasteiger partial charge in [-0.2, -0.15) is 13.2 Å². The van der Waals surface area contributed by atoms with E-state index >= 15 is 0 Å². The van der Waals surface area contributed by atoms with E-state index < -0.39 is 28.6 Å². The molecule has 0 saturated heterocycles. The molecule has 0 fully saturated rings. The maximum absolute atomic E-state index is 13.3. The van der Waals surface area contributed by atoms with Gasteiger partial charge in [-0.15, -0.1) is 0 Å². The molecule has 156 valence electrons. The minimum absolute atomic E-state index is 0.217. The van der Waals surface area contributed by atoms with Crippen LogP contribution in [0.1, 0.15) is 33.4 Å². The smallest absolute Gasteiger partial charge is 0.331 e. The molecule has 30 heavy (non-hydrogen) atoms. The summed E-state index contributed by atoms with van der Waals surface area (Å²) in [5, 5.41) is 2.41. The van der Waals surface area contributed by atoms with Crippen LogP contribution in [0.3, 0.4) is 0 Å². The van der Waals surface area contributed by atoms with Gasteiger partial charge in [0.1, 0.15) is 17.7 Å². The molecule has 0 unspecified atom stereocenters. The van der Waals surface area contributed by atoms with Crippen molar-refractivity contribution in [1.29, 1.82) is 0 Å². The normalized spacial score (nSPS) is 16.4. The van der Waals surface area contributed by atoms with Crippen LogP contribution < -0.4 is 5.32 Å². The molecule has 2 aromatic carbocycles. The molecular weight excluding hydrogens is 422 g/mol. The van der Waals surface area contributed by atoms with Crippen LogP contribution >= 0.6 is 11.6 Å². The van der Waals surface area contributed by atoms with Crippen molar-refractivity contribution in [3.05, 3.63) is 75.8 Å². The van der Waals surface area contributed by atoms with Crippen molar-refractivity contribution in [2.45, 2.75) is 18.6 Å². The predicted molar refractivity (Wildman–Crippen MR) is 104 cm³/mol. The van der Waals surface area contributed by atoms with E-state index in [0.29, 0.717) is 30.0 Å². The molecule has 0 saturated carbocycles. The second-order valence-electron chi connectivity index (χ2n) is 7.00. The van der Waals surface area contributed by atoms with Crippen LogP contribution in [0.25, 0.3) is 11.4 Å². The first-order valence-corrected chi connectivity index (χ1v) is 9.51. The first-order chi connectivity index (χ1) is 14.2. The number of aromatic nitrogens is 2. The fraction of sp³-hybridized carbons (Fsp3) is 0.238. The third kappa shape index (κ3) is 3.50. The largest absolute Gasteiger partial charge is 0.417 e. The van der Waals surface area contributed by atoms with Gasteiger partial charge < -0.3 is 9.88 Å². The Kier molecular flexibility index (Phi) is 5.15. The number of benzene rings is 2. The van der Waals surface area contributed by atoms with Crippen LogP contribution in [0.4, 0.5) is 17.6 Å². The standard InChI is InChI=1S/C21H16ClF4N3O/c1-29-15-9-10-27-18(17(15)28-20(29)11-5-7-12(23)8-6-11)19(30)13-3-2-4-14(16(13)22)21(24,25)26/h2-8,18,27H,9-10H2,1H3/t18-/m0/s1. The zero-order valence-electron chi connectivity index (χ0n) is 15.7. The van der Waals surface area contributed by atoms with E-state index in [2.05, 4.69) is 10.3 Å². The average molecular weight is 438 g/mol. The van der Waals surface area contributed by atoms with E-state index in [0.717, 1.165) is 17.8 Å². The topological polar surface area (TPSA) is 46.9 Å². The predicted octanol–water partition coefficient (Wildman–Crippen LogP) is 4.97. The van der Waals surface area contributed by atoms with Crippen molar-refractivity contribution in [1.82, 2.24) is 14.9 Å². The number of halogens is 5. The maximum Gasteiger partial charge on any atom is 0.417 e. The first kappa shape index (κ1) is 20.6. The Labute approximate surface area is 174 Å². The maximum atomic E-state index is 13.3. The molecule has 0 spiro atoms. The Morgan fingerprint density at radius 2 is 1.90 bits per heavy atom. The Morgan fingerprint density at radius 1 is 1.20 bits per heavy atom. The number of alkyl halides is 3. The number of fused-ring (bicyclic) bond motifs is 1. The lowest BCUT2D eigenvalue weighted by Gasteiger charge is -2.23. The quantitative estimate of drug-likeness (QED) is 0.465. The van der Waals surface area contributed by atoms with Gasteiger partial charge >= 0.3 is 6.18 Å². The van der Waals surface area contributed by atoms with E-state index in [4.69, 9.17) is 11.6 Å². The van der Waals surface area contributed by atoms with Crippen LogP contribution in [0.2, 0.25) is 5.02 Å². The molecule has 0 radical (unpaired) electrons. The fourth-order valence-corrected chi connectivity index (χ4v) is 4.01. The highest BCUT2D eigenvalue weighted by Gasteiger charge is 2.37. The van der Waals surface area contributed by atoms with Gasteiger partial charge in [-0.05, 0) is 36.4 Å². The van der Waals surface area contributed by atoms with Crippen molar-refractivity contribution in [2.75, 3.05) is 6.54 Å². The molecule has 3 aromatic rings. The summed E-state index contributed by atoms with van der Waals surface area (Å²) in [4.78, 5) is 17.7. The monoisotopic (exact) mass is 437 g/mol. The Hall–Kier alpha value is -2.71. The highest BCUT2D eigenvalue weighted by Crippen LogP contribution is 2.38. The highest BCUT2D eigenvalue weighted by atomic mass is 35.5. The first-order valence-electron chi connectivity index (χ1n) is 9.13. The summed E-state index contributed by atoms with van der Waals surface area (Å²) in [6.45, 7) is 0.447. The lowest BCUT2D eigenvalue weighted by atomic mass is 9.95. The second kappa shape index (κ2) is 7.52. The number of hydrogen-bond acceptors (Lipinski definition) is 3. The van der Waals surface area contributed by atoms with Gasteiger partial charge in [0, 0.05) is 36.8 Å². The van der Waals surface area contributed by atoms with E-state index in [9.17, 15) is 22.4 Å². The van der Waals surface area contributed by atoms with E-state index in [1.54, 1.807) is 19.2 Å². The summed E-state index contributed by atoms with van der Waals surface area (Å²) in [6.07, 6.45) is -4.08. The molecule has 1 N–H and O–H groups in total. The van der Waals surface area contributed by atoms with Gasteiger partial charge in [0.15, 0.2) is 5.78 Å². The van der Waals surface area contributed by atoms with Crippen molar-refractivity contribution in [2.24, 2.45) is 7.05 Å². The van der Waals surface area contributed by atoms with Crippen LogP contribution in [0.5, 0.6) is 0 Å². The van der Waals surface area contributed by atoms with Gasteiger partial charge in [-0.25, -0.2) is 9.37 Å². The average Bonchev–Trinajstić information content (AvgIpc) is 3.04. The lowest BCUT2D eigenvalue weighted by molar-refractivity contribution is -0.137. The zero-order chi connectivity index (χ0) is 21.6. The Bertz CT molecular complexity index is 1120. The molecule has 0 bridgehead atoms. The van der Waals surface area contributed by atoms with Crippen molar-refractivity contribution >= 4 is 17.4 Å². The molecule has 1 aliphatic rings. The fourth-order valence-electron chi connectivity index (χ4n) is 3.68. The molecule has 4 nitrogen and oxygen atoms in total. The number of carbonyl (C=O) groups excluding carboxylic acids is 1. The molecule has 4 rings (SSSR count). The number of Topliss-reactive ketones (excluding diaryl/α,β-unsaturated/α-hetero) is 1. The van der Waals surface area contributed by atoms with Crippen LogP contribution in [-0.2, 0) is 19.6 Å². The van der Waals surface area contributed by atoms with E-state index in [1.807, 2.05) is 4.57 Å². The summed E-state index contributed by atoms with van der Waals surface area (Å²) < 4.78 is 54.7. The van der Waals surface area contributed by atoms with Gasteiger partial charge in [-0.3, -0.25) is 4.79 Å². The number of nitrogens with one attached hydrogen (secondary N) is 1. The number of rotatable bonds is 3. The third-order valence-electron chi connectivity index (χ3n) is 5.16. The van der Waals surface area contributed by atoms with Crippen molar-refractivity contribution in [3.8, 4) is 11.4 Å². The summed E-state index contributed by atoms with van der Waals surface area (Å²) >= 11 is 5.95. The molecule has 2 heterocycles. The Balaban J connectivity index is 1.76. The molecule has 0 aliphatic carbocycles. The molecular formula is C21H16ClF4N3O. The highest BCUT2D eigenvalue weighted by molar-refractivity contribution is 6.35. The summed E-state index contributed by atoms with van der Waals surface area (Å²) in [7, 11) is 1.79. The summed E-state index contributed by atoms with van der Waals surface area (Å²) in [6, 6.07) is 8.13. The number of carbonyl (C=O) groups is 1. The Morgan fingerprint density at radius 3 is 2.57 bits per heavy atom. The number of hydrogen-bond donors (Lipinski definition) is 1. The minimum Gasteiger partial charge on any atom is -0.331 e. The molecule has 0 amide bonds. The molecule has 9 heteroatoms. The van der Waals surface area contributed by atoms with Crippen LogP contribution in [0, 0.1) is 5.82 Å². The van der Waals surface area contributed by atoms with Gasteiger partial charge in [-0.1, -0.05) is 17.7 Å². The van der Waals surface area contributed by atoms with E-state index in [-0.39, 0.29) is 11.4 Å². The zero-order valence-corrected chi connectivity index (χ0v) is 16.5. The SMILES string of the molecule is Cn1c(-c2ccc(F)cc2)nc2c1CCN[C@@H]2C(=O)c1cccc(C(F)(F)F)c1Cl. The van der Waals surface area contributed by atoms with Crippen LogP contribution in [0.15, 0.2) is 42.5 Å². The van der Waals surface area contributed by atoms with Gasteiger partial charge in [0.25, 0.3) is 0 Å². The van der Waals surface area contributed by atoms with Crippen molar-refractivity contribution in [3.63, 3.8) is 0 Å². The molecule has 1 atom stereocenters. The third-order valence-corrected chi connectivity index (χ3v) is 5.57. The molecule has 1 aromatic heterocycles. The minimum atomic E-state index is -4.67. The summed E-state index contributed by atoms with van der Waals surface area (Å²) in [5.74, 6) is -0.431. The van der Waals surface area contributed by atoms with E-state index in [1.165, 1.54) is 18.2 Å². The molecule has 1 aliphatic heterocycles. The van der Waals surface area contributed by atoms with Gasteiger partial charge in [0.05, 0.1) is 16.3 Å². The number of ketones is 1. The summed E-state index contributed by atoms with van der Waals surface area (Å²) in [5.41, 5.74) is 0.609. The van der Waals surface area contributed by atoms with Gasteiger partial charge in [0.2, 0.25) is 0 Å². The number of nitrogens with zero attached hydrogens (tertiary/aromatic N) is 2. The van der Waals surface area contributed by atoms with Crippen molar-refractivity contribution < 1.29 is 22.4 Å². The number of imidazole rings is 1. The van der Waals surface area contributed by atoms with Crippen LogP contribution in [-0.4, -0.2) is 21.9 Å². The second-order valence-corrected chi connectivity index (χ2v) is 7.38. The lowest BCUT2D eigenvalue weighted by Crippen LogP contribution is -2.36.